The second kappa shape index (κ2) is 12.4. The number of fused-ring (bicyclic) bond motifs is 8. The Hall–Kier alpha value is -6.78. The molecule has 10 aromatic rings. The van der Waals surface area contributed by atoms with Gasteiger partial charge in [-0.2, -0.15) is 0 Å². The number of pyridine rings is 2. The average molecular weight is 747 g/mol. The van der Waals surface area contributed by atoms with Gasteiger partial charge in [0.15, 0.2) is 0 Å². The predicted molar refractivity (Wildman–Crippen MR) is 241 cm³/mol. The van der Waals surface area contributed by atoms with Crippen LogP contribution in [0.5, 0.6) is 0 Å². The molecule has 2 aliphatic carbocycles. The molecule has 0 bridgehead atoms. The summed E-state index contributed by atoms with van der Waals surface area (Å²) >= 11 is 0. The number of hydrogen-bond donors (Lipinski definition) is 0. The van der Waals surface area contributed by atoms with Crippen molar-refractivity contribution in [3.63, 3.8) is 0 Å². The lowest BCUT2D eigenvalue weighted by Gasteiger charge is -2.31. The van der Waals surface area contributed by atoms with Gasteiger partial charge in [-0.3, -0.25) is 9.13 Å². The summed E-state index contributed by atoms with van der Waals surface area (Å²) in [5.41, 5.74) is 24.0. The number of benzene rings is 6. The average Bonchev–Trinajstić information content (AvgIpc) is 3.77. The zero-order valence-corrected chi connectivity index (χ0v) is 33.3. The van der Waals surface area contributed by atoms with E-state index >= 15 is 0 Å². The highest BCUT2D eigenvalue weighted by Gasteiger charge is 2.33. The van der Waals surface area contributed by atoms with Gasteiger partial charge < -0.3 is 0 Å². The molecule has 4 heterocycles. The first-order chi connectivity index (χ1) is 28.4. The van der Waals surface area contributed by atoms with Crippen LogP contribution in [0.25, 0.3) is 88.6 Å². The van der Waals surface area contributed by atoms with Crippen LogP contribution < -0.4 is 0 Å². The molecule has 0 aliphatic heterocycles. The van der Waals surface area contributed by atoms with Gasteiger partial charge in [-0.15, -0.1) is 0 Å². The molecule has 4 heteroatoms. The van der Waals surface area contributed by atoms with Crippen LogP contribution >= 0.6 is 0 Å². The van der Waals surface area contributed by atoms with Crippen molar-refractivity contribution in [3.05, 3.63) is 178 Å². The minimum absolute atomic E-state index is 0.963. The van der Waals surface area contributed by atoms with E-state index in [4.69, 9.17) is 9.97 Å². The topological polar surface area (TPSA) is 35.6 Å². The van der Waals surface area contributed by atoms with Crippen molar-refractivity contribution in [1.29, 1.82) is 0 Å². The highest BCUT2D eigenvalue weighted by Crippen LogP contribution is 2.51. The third kappa shape index (κ3) is 4.75. The lowest BCUT2D eigenvalue weighted by molar-refractivity contribution is 0.881. The number of hydrogen-bond acceptors (Lipinski definition) is 2. The summed E-state index contributed by atoms with van der Waals surface area (Å²) in [6.07, 6.45) is 7.80. The SMILES string of the molecule is Cc1ccc(-c2ccc3c(c2)c2cc4c5c(c2n3-c2ccccn2)CCc2cc3c6cc(-c7ccc(C)c(C)c7)ccc6n(-c6ccccn6)c3c(c2-5)CC4)cc1C. The maximum atomic E-state index is 4.97. The van der Waals surface area contributed by atoms with E-state index in [0.717, 1.165) is 37.3 Å². The first-order valence-electron chi connectivity index (χ1n) is 20.7. The quantitative estimate of drug-likeness (QED) is 0.180. The minimum atomic E-state index is 0.963. The normalized spacial score (nSPS) is 13.2. The second-order valence-electron chi connectivity index (χ2n) is 16.7. The molecule has 0 saturated carbocycles. The molecule has 4 nitrogen and oxygen atoms in total. The summed E-state index contributed by atoms with van der Waals surface area (Å²) in [5, 5.41) is 5.23. The summed E-state index contributed by atoms with van der Waals surface area (Å²) < 4.78 is 4.89. The smallest absolute Gasteiger partial charge is 0.137 e. The zero-order valence-electron chi connectivity index (χ0n) is 33.3. The molecule has 278 valence electrons. The third-order valence-corrected chi connectivity index (χ3v) is 13.4. The lowest BCUT2D eigenvalue weighted by Crippen LogP contribution is -2.16. The van der Waals surface area contributed by atoms with Gasteiger partial charge in [0.05, 0.1) is 22.1 Å². The van der Waals surface area contributed by atoms with Gasteiger partial charge in [-0.25, -0.2) is 9.97 Å². The summed E-state index contributed by atoms with van der Waals surface area (Å²) in [5.74, 6) is 1.93. The van der Waals surface area contributed by atoms with Crippen LogP contribution in [0.1, 0.15) is 44.5 Å². The van der Waals surface area contributed by atoms with Crippen molar-refractivity contribution in [3.8, 4) is 45.0 Å². The van der Waals surface area contributed by atoms with Crippen LogP contribution in [0, 0.1) is 27.7 Å². The first-order valence-corrected chi connectivity index (χ1v) is 20.7. The molecule has 4 aromatic heterocycles. The molecule has 0 fully saturated rings. The van der Waals surface area contributed by atoms with Gasteiger partial charge in [0.1, 0.15) is 11.6 Å². The van der Waals surface area contributed by atoms with Crippen molar-refractivity contribution in [2.75, 3.05) is 0 Å². The van der Waals surface area contributed by atoms with E-state index in [1.54, 1.807) is 0 Å². The molecule has 0 amide bonds. The van der Waals surface area contributed by atoms with Crippen LogP contribution in [0.15, 0.2) is 134 Å². The van der Waals surface area contributed by atoms with Crippen molar-refractivity contribution >= 4 is 43.6 Å². The maximum absolute atomic E-state index is 4.97. The molecule has 0 spiro atoms. The Morgan fingerprint density at radius 1 is 0.397 bits per heavy atom. The number of nitrogens with zero attached hydrogens (tertiary/aromatic N) is 4. The van der Waals surface area contributed by atoms with Crippen LogP contribution in [0.3, 0.4) is 0 Å². The summed E-state index contributed by atoms with van der Waals surface area (Å²) in [7, 11) is 0. The van der Waals surface area contributed by atoms with Gasteiger partial charge in [-0.1, -0.05) is 60.7 Å². The maximum Gasteiger partial charge on any atom is 0.137 e. The molecule has 2 aliphatic rings. The molecule has 0 N–H and O–H groups in total. The summed E-state index contributed by atoms with van der Waals surface area (Å²) in [6.45, 7) is 8.79. The van der Waals surface area contributed by atoms with Gasteiger partial charge in [0.25, 0.3) is 0 Å². The number of aryl methyl sites for hydroxylation is 8. The van der Waals surface area contributed by atoms with Crippen molar-refractivity contribution in [2.45, 2.75) is 53.4 Å². The van der Waals surface area contributed by atoms with Gasteiger partial charge in [0.2, 0.25) is 0 Å². The van der Waals surface area contributed by atoms with E-state index in [-0.39, 0.29) is 0 Å². The van der Waals surface area contributed by atoms with Gasteiger partial charge >= 0.3 is 0 Å². The molecular formula is C54H42N4. The Labute approximate surface area is 338 Å². The predicted octanol–water partition coefficient (Wildman–Crippen LogP) is 13.1. The fraction of sp³-hybridized carbons (Fsp3) is 0.148. The Balaban J connectivity index is 1.15. The van der Waals surface area contributed by atoms with E-state index in [0.29, 0.717) is 0 Å². The molecule has 6 aromatic carbocycles. The molecule has 12 rings (SSSR count). The highest BCUT2D eigenvalue weighted by atomic mass is 15.1. The summed E-state index contributed by atoms with van der Waals surface area (Å²) in [6, 6.07) is 45.4. The number of aromatic nitrogens is 4. The molecule has 0 unspecified atom stereocenters. The van der Waals surface area contributed by atoms with Crippen molar-refractivity contribution in [1.82, 2.24) is 19.1 Å². The fourth-order valence-corrected chi connectivity index (χ4v) is 10.3. The Morgan fingerprint density at radius 2 is 0.828 bits per heavy atom. The van der Waals surface area contributed by atoms with E-state index in [9.17, 15) is 0 Å². The minimum Gasteiger partial charge on any atom is -0.293 e. The van der Waals surface area contributed by atoms with Crippen LogP contribution in [-0.2, 0) is 25.7 Å². The van der Waals surface area contributed by atoms with E-state index < -0.39 is 0 Å². The van der Waals surface area contributed by atoms with Crippen LogP contribution in [-0.4, -0.2) is 19.1 Å². The fourth-order valence-electron chi connectivity index (χ4n) is 10.3. The molecule has 0 radical (unpaired) electrons. The summed E-state index contributed by atoms with van der Waals surface area (Å²) in [4.78, 5) is 9.94. The second-order valence-corrected chi connectivity index (χ2v) is 16.7. The molecule has 58 heavy (non-hydrogen) atoms. The molecule has 0 saturated heterocycles. The van der Waals surface area contributed by atoms with E-state index in [2.05, 4.69) is 146 Å². The highest BCUT2D eigenvalue weighted by molar-refractivity contribution is 6.16. The zero-order chi connectivity index (χ0) is 38.8. The van der Waals surface area contributed by atoms with Crippen LogP contribution in [0.4, 0.5) is 0 Å². The number of rotatable bonds is 4. The van der Waals surface area contributed by atoms with Crippen molar-refractivity contribution in [2.24, 2.45) is 0 Å². The first kappa shape index (κ1) is 33.4. The van der Waals surface area contributed by atoms with Gasteiger partial charge in [-0.05, 0) is 192 Å². The Kier molecular flexibility index (Phi) is 7.11. The lowest BCUT2D eigenvalue weighted by atomic mass is 9.74. The van der Waals surface area contributed by atoms with E-state index in [1.807, 2.05) is 24.5 Å². The third-order valence-electron chi connectivity index (χ3n) is 13.4. The van der Waals surface area contributed by atoms with Gasteiger partial charge in [0, 0.05) is 33.9 Å². The monoisotopic (exact) mass is 746 g/mol. The largest absolute Gasteiger partial charge is 0.293 e. The molecule has 0 atom stereocenters. The standard InChI is InChI=1S/C54H42N4/c1-31-11-13-35(25-33(31)3)37-17-21-47-43(27-37)45-29-39-15-20-42-52-40(16-19-41(51(39)52)53(45)57(47)49-9-5-7-23-55-49)30-46-44-28-38(36-14-12-32(2)34(4)26-36)18-22-48(44)58(54(42)46)50-10-6-8-24-56-50/h5-14,17-18,21-30H,15-16,19-20H2,1-4H3. The Morgan fingerprint density at radius 3 is 1.24 bits per heavy atom. The van der Waals surface area contributed by atoms with Crippen LogP contribution in [0.2, 0.25) is 0 Å². The Bertz CT molecular complexity index is 3140. The van der Waals surface area contributed by atoms with Crippen molar-refractivity contribution < 1.29 is 0 Å². The molecular weight excluding hydrogens is 705 g/mol. The van der Waals surface area contributed by atoms with E-state index in [1.165, 1.54) is 122 Å².